The van der Waals surface area contributed by atoms with Gasteiger partial charge in [-0.15, -0.1) is 11.3 Å². The van der Waals surface area contributed by atoms with Crippen LogP contribution in [0.4, 0.5) is 5.69 Å². The maximum absolute atomic E-state index is 12.6. The highest BCUT2D eigenvalue weighted by Gasteiger charge is 2.27. The minimum Gasteiger partial charge on any atom is -0.454 e. The van der Waals surface area contributed by atoms with Crippen molar-refractivity contribution in [1.82, 2.24) is 9.88 Å². The normalized spacial score (nSPS) is 16.2. The Bertz CT molecular complexity index is 1130. The van der Waals surface area contributed by atoms with Crippen LogP contribution in [0, 0.1) is 5.92 Å². The highest BCUT2D eigenvalue weighted by Crippen LogP contribution is 2.34. The van der Waals surface area contributed by atoms with Crippen molar-refractivity contribution >= 4 is 45.1 Å². The average molecular weight is 436 g/mol. The van der Waals surface area contributed by atoms with Crippen LogP contribution >= 0.6 is 11.3 Å². The zero-order valence-corrected chi connectivity index (χ0v) is 17.6. The molecule has 0 unspecified atom stereocenters. The first kappa shape index (κ1) is 19.6. The molecule has 2 aromatic carbocycles. The first-order valence-electron chi connectivity index (χ1n) is 10.2. The van der Waals surface area contributed by atoms with Crippen LogP contribution in [0.15, 0.2) is 48.5 Å². The molecule has 0 radical (unpaired) electrons. The number of nitrogens with one attached hydrogen (secondary N) is 1. The number of hydrogen-bond donors (Lipinski definition) is 1. The number of carbonyl (C=O) groups excluding carboxylic acids is 2. The summed E-state index contributed by atoms with van der Waals surface area (Å²) in [4.78, 5) is 31.5. The second-order valence-electron chi connectivity index (χ2n) is 7.51. The fraction of sp³-hybridized carbons (Fsp3) is 0.261. The van der Waals surface area contributed by atoms with Crippen molar-refractivity contribution in [2.75, 3.05) is 25.2 Å². The molecule has 1 saturated heterocycles. The standard InChI is InChI=1S/C23H21N3O4S/c27-22(8-7-21-25-17-3-1-2-4-20(17)31-21)26-11-9-15(10-12-26)23(28)24-16-5-6-18-19(13-16)30-14-29-18/h1-8,13,15H,9-12,14H2,(H,24,28)/b8-7+. The minimum atomic E-state index is -0.122. The van der Waals surface area contributed by atoms with Crippen molar-refractivity contribution in [1.29, 1.82) is 0 Å². The summed E-state index contributed by atoms with van der Waals surface area (Å²) in [5.74, 6) is 1.12. The van der Waals surface area contributed by atoms with E-state index < -0.39 is 0 Å². The minimum absolute atomic E-state index is 0.0315. The van der Waals surface area contributed by atoms with E-state index in [0.717, 1.165) is 15.2 Å². The quantitative estimate of drug-likeness (QED) is 0.629. The van der Waals surface area contributed by atoms with Gasteiger partial charge >= 0.3 is 0 Å². The van der Waals surface area contributed by atoms with Gasteiger partial charge in [-0.3, -0.25) is 9.59 Å². The highest BCUT2D eigenvalue weighted by atomic mass is 32.1. The summed E-state index contributed by atoms with van der Waals surface area (Å²) >= 11 is 1.56. The number of rotatable bonds is 4. The molecular weight excluding hydrogens is 414 g/mol. The van der Waals surface area contributed by atoms with Gasteiger partial charge in [-0.1, -0.05) is 12.1 Å². The number of hydrogen-bond acceptors (Lipinski definition) is 6. The van der Waals surface area contributed by atoms with Crippen molar-refractivity contribution in [3.05, 3.63) is 53.5 Å². The first-order chi connectivity index (χ1) is 15.2. The Hall–Kier alpha value is -3.39. The Kier molecular flexibility index (Phi) is 5.30. The smallest absolute Gasteiger partial charge is 0.246 e. The molecule has 1 N–H and O–H groups in total. The average Bonchev–Trinajstić information content (AvgIpc) is 3.43. The lowest BCUT2D eigenvalue weighted by Crippen LogP contribution is -2.40. The Morgan fingerprint density at radius 3 is 2.74 bits per heavy atom. The van der Waals surface area contributed by atoms with Crippen LogP contribution in [-0.2, 0) is 9.59 Å². The molecule has 3 aromatic rings. The molecule has 0 aliphatic carbocycles. The third-order valence-electron chi connectivity index (χ3n) is 5.50. The molecule has 1 aromatic heterocycles. The second-order valence-corrected chi connectivity index (χ2v) is 8.57. The van der Waals surface area contributed by atoms with E-state index in [1.54, 1.807) is 46.6 Å². The predicted molar refractivity (Wildman–Crippen MR) is 119 cm³/mol. The monoisotopic (exact) mass is 435 g/mol. The zero-order chi connectivity index (χ0) is 21.2. The molecule has 3 heterocycles. The third-order valence-corrected chi connectivity index (χ3v) is 6.50. The summed E-state index contributed by atoms with van der Waals surface area (Å²) < 4.78 is 11.7. The van der Waals surface area contributed by atoms with Crippen LogP contribution in [-0.4, -0.2) is 41.6 Å². The van der Waals surface area contributed by atoms with Crippen LogP contribution < -0.4 is 14.8 Å². The second kappa shape index (κ2) is 8.39. The van der Waals surface area contributed by atoms with E-state index in [1.165, 1.54) is 0 Å². The molecule has 1 fully saturated rings. The number of benzene rings is 2. The SMILES string of the molecule is O=C(Nc1ccc2c(c1)OCO2)C1CCN(C(=O)/C=C/c2nc3ccccc3s2)CC1. The van der Waals surface area contributed by atoms with Crippen LogP contribution in [0.3, 0.4) is 0 Å². The third kappa shape index (κ3) is 4.25. The van der Waals surface area contributed by atoms with Gasteiger partial charge in [0.05, 0.1) is 10.2 Å². The Balaban J connectivity index is 1.14. The van der Waals surface area contributed by atoms with E-state index >= 15 is 0 Å². The largest absolute Gasteiger partial charge is 0.454 e. The molecule has 2 aliphatic rings. The van der Waals surface area contributed by atoms with Crippen LogP contribution in [0.1, 0.15) is 17.8 Å². The maximum Gasteiger partial charge on any atom is 0.246 e. The zero-order valence-electron chi connectivity index (χ0n) is 16.7. The number of para-hydroxylation sites is 1. The maximum atomic E-state index is 12.6. The Labute approximate surface area is 183 Å². The highest BCUT2D eigenvalue weighted by molar-refractivity contribution is 7.19. The van der Waals surface area contributed by atoms with Crippen molar-refractivity contribution in [3.63, 3.8) is 0 Å². The van der Waals surface area contributed by atoms with E-state index in [2.05, 4.69) is 10.3 Å². The molecular formula is C23H21N3O4S. The summed E-state index contributed by atoms with van der Waals surface area (Å²) in [6.45, 7) is 1.32. The van der Waals surface area contributed by atoms with Crippen molar-refractivity contribution in [3.8, 4) is 11.5 Å². The van der Waals surface area contributed by atoms with E-state index in [4.69, 9.17) is 9.47 Å². The fourth-order valence-corrected chi connectivity index (χ4v) is 4.66. The molecule has 2 aliphatic heterocycles. The molecule has 0 atom stereocenters. The van der Waals surface area contributed by atoms with Gasteiger partial charge in [-0.25, -0.2) is 4.98 Å². The summed E-state index contributed by atoms with van der Waals surface area (Å²) in [6.07, 6.45) is 4.62. The molecule has 2 amide bonds. The lowest BCUT2D eigenvalue weighted by atomic mass is 9.95. The summed E-state index contributed by atoms with van der Waals surface area (Å²) in [5, 5.41) is 3.76. The molecule has 0 bridgehead atoms. The Morgan fingerprint density at radius 1 is 1.10 bits per heavy atom. The van der Waals surface area contributed by atoms with Crippen LogP contribution in [0.2, 0.25) is 0 Å². The number of aromatic nitrogens is 1. The van der Waals surface area contributed by atoms with Gasteiger partial charge in [0, 0.05) is 36.8 Å². The van der Waals surface area contributed by atoms with Gasteiger partial charge in [-0.05, 0) is 43.2 Å². The molecule has 0 saturated carbocycles. The molecule has 7 nitrogen and oxygen atoms in total. The molecule has 5 rings (SSSR count). The number of piperidine rings is 1. The number of ether oxygens (including phenoxy) is 2. The van der Waals surface area contributed by atoms with E-state index in [9.17, 15) is 9.59 Å². The number of amides is 2. The van der Waals surface area contributed by atoms with Crippen molar-refractivity contribution in [2.24, 2.45) is 5.92 Å². The van der Waals surface area contributed by atoms with Gasteiger partial charge in [0.15, 0.2) is 11.5 Å². The molecule has 0 spiro atoms. The summed E-state index contributed by atoms with van der Waals surface area (Å²) in [6, 6.07) is 13.3. The lowest BCUT2D eigenvalue weighted by molar-refractivity contribution is -0.130. The number of anilines is 1. The van der Waals surface area contributed by atoms with E-state index in [1.807, 2.05) is 24.3 Å². The topological polar surface area (TPSA) is 80.8 Å². The van der Waals surface area contributed by atoms with Crippen molar-refractivity contribution in [2.45, 2.75) is 12.8 Å². The van der Waals surface area contributed by atoms with Gasteiger partial charge < -0.3 is 19.7 Å². The summed E-state index contributed by atoms with van der Waals surface area (Å²) in [7, 11) is 0. The first-order valence-corrected chi connectivity index (χ1v) is 11.0. The van der Waals surface area contributed by atoms with E-state index in [0.29, 0.717) is 43.1 Å². The van der Waals surface area contributed by atoms with Crippen LogP contribution in [0.25, 0.3) is 16.3 Å². The summed E-state index contributed by atoms with van der Waals surface area (Å²) in [5.41, 5.74) is 1.63. The van der Waals surface area contributed by atoms with E-state index in [-0.39, 0.29) is 24.5 Å². The van der Waals surface area contributed by atoms with Crippen molar-refractivity contribution < 1.29 is 19.1 Å². The number of thiazole rings is 1. The van der Waals surface area contributed by atoms with Gasteiger partial charge in [0.2, 0.25) is 18.6 Å². The molecule has 158 valence electrons. The van der Waals surface area contributed by atoms with Gasteiger partial charge in [0.25, 0.3) is 0 Å². The number of likely N-dealkylation sites (tertiary alicyclic amines) is 1. The number of nitrogens with zero attached hydrogens (tertiary/aromatic N) is 2. The lowest BCUT2D eigenvalue weighted by Gasteiger charge is -2.30. The number of carbonyl (C=O) groups is 2. The molecule has 8 heteroatoms. The number of fused-ring (bicyclic) bond motifs is 2. The van der Waals surface area contributed by atoms with Gasteiger partial charge in [-0.2, -0.15) is 0 Å². The van der Waals surface area contributed by atoms with Crippen LogP contribution in [0.5, 0.6) is 11.5 Å². The molecule has 31 heavy (non-hydrogen) atoms. The predicted octanol–water partition coefficient (Wildman–Crippen LogP) is 3.92. The Morgan fingerprint density at radius 2 is 1.90 bits per heavy atom. The fourth-order valence-electron chi connectivity index (χ4n) is 3.79. The van der Waals surface area contributed by atoms with Gasteiger partial charge in [0.1, 0.15) is 5.01 Å².